The number of ether oxygens (including phenoxy) is 1. The van der Waals surface area contributed by atoms with Crippen LogP contribution in [0.4, 0.5) is 13.2 Å². The first kappa shape index (κ1) is 23.7. The second kappa shape index (κ2) is 10.1. The SMILES string of the molecule is CC1Cc2c([nH]c3ccccc23)CN1CC(C)(C)F.Fc1cc(F)cc(OCCBr)c1. The number of aromatic nitrogens is 1. The van der Waals surface area contributed by atoms with Gasteiger partial charge in [-0.15, -0.1) is 0 Å². The molecule has 0 saturated heterocycles. The Morgan fingerprint density at radius 3 is 2.48 bits per heavy atom. The van der Waals surface area contributed by atoms with Gasteiger partial charge in [-0.1, -0.05) is 34.1 Å². The van der Waals surface area contributed by atoms with Crippen molar-refractivity contribution in [1.82, 2.24) is 9.88 Å². The number of H-pyrrole nitrogens is 1. The highest BCUT2D eigenvalue weighted by atomic mass is 79.9. The molecule has 1 aromatic heterocycles. The van der Waals surface area contributed by atoms with Crippen LogP contribution in [0.5, 0.6) is 5.75 Å². The Balaban J connectivity index is 0.000000196. The molecule has 0 amide bonds. The molecule has 0 bridgehead atoms. The first-order valence-corrected chi connectivity index (χ1v) is 11.4. The molecule has 1 atom stereocenters. The first-order chi connectivity index (χ1) is 14.7. The van der Waals surface area contributed by atoms with Crippen molar-refractivity contribution >= 4 is 26.8 Å². The third-order valence-electron chi connectivity index (χ3n) is 5.15. The predicted octanol–water partition coefficient (Wildman–Crippen LogP) is 6.40. The third kappa shape index (κ3) is 6.50. The van der Waals surface area contributed by atoms with Crippen LogP contribution >= 0.6 is 15.9 Å². The van der Waals surface area contributed by atoms with Gasteiger partial charge >= 0.3 is 0 Å². The van der Waals surface area contributed by atoms with Crippen LogP contribution in [0.2, 0.25) is 0 Å². The second-order valence-electron chi connectivity index (χ2n) is 8.45. The summed E-state index contributed by atoms with van der Waals surface area (Å²) in [6.07, 6.45) is 0.995. The summed E-state index contributed by atoms with van der Waals surface area (Å²) in [4.78, 5) is 5.72. The molecule has 1 aliphatic rings. The van der Waals surface area contributed by atoms with Crippen LogP contribution < -0.4 is 4.74 Å². The Morgan fingerprint density at radius 2 is 1.84 bits per heavy atom. The van der Waals surface area contributed by atoms with E-state index in [2.05, 4.69) is 57.0 Å². The minimum absolute atomic E-state index is 0.215. The smallest absolute Gasteiger partial charge is 0.129 e. The number of rotatable bonds is 5. The molecule has 3 aromatic rings. The fourth-order valence-corrected chi connectivity index (χ4v) is 4.03. The van der Waals surface area contributed by atoms with Gasteiger partial charge in [-0.2, -0.15) is 0 Å². The van der Waals surface area contributed by atoms with Gasteiger partial charge in [-0.3, -0.25) is 4.90 Å². The lowest BCUT2D eigenvalue weighted by Gasteiger charge is -2.36. The number of hydrogen-bond acceptors (Lipinski definition) is 2. The summed E-state index contributed by atoms with van der Waals surface area (Å²) in [5.74, 6) is -1.04. The molecule has 0 radical (unpaired) electrons. The maximum atomic E-state index is 13.9. The molecule has 7 heteroatoms. The van der Waals surface area contributed by atoms with E-state index in [0.717, 1.165) is 31.2 Å². The normalized spacial score (nSPS) is 16.5. The van der Waals surface area contributed by atoms with Crippen LogP contribution in [0.1, 0.15) is 32.0 Å². The summed E-state index contributed by atoms with van der Waals surface area (Å²) >= 11 is 3.13. The number of benzene rings is 2. The van der Waals surface area contributed by atoms with Crippen LogP contribution in [-0.2, 0) is 13.0 Å². The zero-order valence-electron chi connectivity index (χ0n) is 18.0. The number of para-hydroxylation sites is 1. The molecule has 0 saturated carbocycles. The molecule has 2 heterocycles. The standard InChI is InChI=1S/C16H21FN2.C8H7BrF2O/c1-11-8-13-12-6-4-5-7-14(12)18-15(13)9-19(11)10-16(2,3)17;9-1-2-12-8-4-6(10)3-7(11)5-8/h4-7,11,18H,8-10H2,1-3H3;3-5H,1-2H2. The lowest BCUT2D eigenvalue weighted by atomic mass is 9.96. The van der Waals surface area contributed by atoms with Crippen molar-refractivity contribution in [3.05, 3.63) is 65.4 Å². The van der Waals surface area contributed by atoms with Gasteiger partial charge in [0.2, 0.25) is 0 Å². The Bertz CT molecular complexity index is 995. The number of fused-ring (bicyclic) bond motifs is 3. The van der Waals surface area contributed by atoms with Gasteiger partial charge in [0.25, 0.3) is 0 Å². The predicted molar refractivity (Wildman–Crippen MR) is 123 cm³/mol. The molecule has 2 aromatic carbocycles. The monoisotopic (exact) mass is 496 g/mol. The highest BCUT2D eigenvalue weighted by Crippen LogP contribution is 2.31. The van der Waals surface area contributed by atoms with Crippen molar-refractivity contribution in [2.24, 2.45) is 0 Å². The van der Waals surface area contributed by atoms with E-state index in [0.29, 0.717) is 24.5 Å². The number of alkyl halides is 2. The molecule has 1 N–H and O–H groups in total. The van der Waals surface area contributed by atoms with E-state index in [1.165, 1.54) is 22.2 Å². The highest BCUT2D eigenvalue weighted by molar-refractivity contribution is 9.09. The van der Waals surface area contributed by atoms with Gasteiger partial charge in [0.05, 0.1) is 6.61 Å². The van der Waals surface area contributed by atoms with E-state index in [-0.39, 0.29) is 5.75 Å². The maximum Gasteiger partial charge on any atom is 0.129 e. The summed E-state index contributed by atoms with van der Waals surface area (Å²) < 4.78 is 43.9. The summed E-state index contributed by atoms with van der Waals surface area (Å²) in [5.41, 5.74) is 2.72. The van der Waals surface area contributed by atoms with Crippen molar-refractivity contribution in [2.45, 2.75) is 45.4 Å². The molecule has 0 aliphatic carbocycles. The first-order valence-electron chi connectivity index (χ1n) is 10.3. The zero-order valence-corrected chi connectivity index (χ0v) is 19.6. The van der Waals surface area contributed by atoms with Crippen molar-refractivity contribution in [1.29, 1.82) is 0 Å². The van der Waals surface area contributed by atoms with Gasteiger partial charge in [0.1, 0.15) is 23.1 Å². The van der Waals surface area contributed by atoms with Gasteiger partial charge in [-0.05, 0) is 38.8 Å². The van der Waals surface area contributed by atoms with E-state index < -0.39 is 17.3 Å². The van der Waals surface area contributed by atoms with Crippen molar-refractivity contribution in [3.63, 3.8) is 0 Å². The summed E-state index contributed by atoms with van der Waals surface area (Å²) in [7, 11) is 0. The maximum absolute atomic E-state index is 13.9. The number of aromatic amines is 1. The number of halogens is 4. The average molecular weight is 497 g/mol. The van der Waals surface area contributed by atoms with Crippen molar-refractivity contribution < 1.29 is 17.9 Å². The Labute approximate surface area is 189 Å². The minimum Gasteiger partial charge on any atom is -0.493 e. The quantitative estimate of drug-likeness (QED) is 0.413. The van der Waals surface area contributed by atoms with Crippen molar-refractivity contribution in [2.75, 3.05) is 18.5 Å². The van der Waals surface area contributed by atoms with E-state index >= 15 is 0 Å². The number of nitrogens with one attached hydrogen (secondary N) is 1. The lowest BCUT2D eigenvalue weighted by molar-refractivity contribution is 0.0853. The topological polar surface area (TPSA) is 28.3 Å². The lowest BCUT2D eigenvalue weighted by Crippen LogP contribution is -2.44. The fraction of sp³-hybridized carbons (Fsp3) is 0.417. The van der Waals surface area contributed by atoms with Gasteiger partial charge in [0, 0.05) is 59.3 Å². The number of nitrogens with zero attached hydrogens (tertiary/aromatic N) is 1. The Kier molecular flexibility index (Phi) is 7.70. The highest BCUT2D eigenvalue weighted by Gasteiger charge is 2.30. The molecular weight excluding hydrogens is 469 g/mol. The van der Waals surface area contributed by atoms with Crippen LogP contribution in [-0.4, -0.2) is 40.1 Å². The zero-order chi connectivity index (χ0) is 22.6. The van der Waals surface area contributed by atoms with E-state index in [9.17, 15) is 13.2 Å². The molecule has 1 unspecified atom stereocenters. The van der Waals surface area contributed by atoms with Crippen LogP contribution in [0.15, 0.2) is 42.5 Å². The van der Waals surface area contributed by atoms with Gasteiger partial charge < -0.3 is 9.72 Å². The third-order valence-corrected chi connectivity index (χ3v) is 5.47. The molecule has 168 valence electrons. The van der Waals surface area contributed by atoms with Crippen LogP contribution in [0.25, 0.3) is 10.9 Å². The van der Waals surface area contributed by atoms with E-state index in [1.807, 2.05) is 0 Å². The molecule has 0 fully saturated rings. The van der Waals surface area contributed by atoms with Gasteiger partial charge in [-0.25, -0.2) is 13.2 Å². The molecule has 3 nitrogen and oxygen atoms in total. The van der Waals surface area contributed by atoms with Gasteiger partial charge in [0.15, 0.2) is 0 Å². The van der Waals surface area contributed by atoms with Crippen LogP contribution in [0.3, 0.4) is 0 Å². The molecule has 0 spiro atoms. The van der Waals surface area contributed by atoms with E-state index in [1.54, 1.807) is 13.8 Å². The molecular formula is C24H28BrF3N2O. The Hall–Kier alpha value is -1.99. The van der Waals surface area contributed by atoms with E-state index in [4.69, 9.17) is 4.74 Å². The van der Waals surface area contributed by atoms with Crippen molar-refractivity contribution in [3.8, 4) is 5.75 Å². The number of hydrogen-bond donors (Lipinski definition) is 1. The molecule has 31 heavy (non-hydrogen) atoms. The fourth-order valence-electron chi connectivity index (χ4n) is 3.87. The molecule has 4 rings (SSSR count). The van der Waals surface area contributed by atoms with Crippen LogP contribution in [0, 0.1) is 11.6 Å². The summed E-state index contributed by atoms with van der Waals surface area (Å²) in [6.45, 7) is 7.20. The summed E-state index contributed by atoms with van der Waals surface area (Å²) in [6, 6.07) is 11.9. The summed E-state index contributed by atoms with van der Waals surface area (Å²) in [5, 5.41) is 1.95. The average Bonchev–Trinajstić information content (AvgIpc) is 3.03. The Morgan fingerprint density at radius 1 is 1.16 bits per heavy atom. The second-order valence-corrected chi connectivity index (χ2v) is 9.24. The molecule has 1 aliphatic heterocycles. The minimum atomic E-state index is -1.14. The largest absolute Gasteiger partial charge is 0.493 e.